The predicted molar refractivity (Wildman–Crippen MR) is 61.8 cm³/mol. The van der Waals surface area contributed by atoms with Crippen LogP contribution in [0.1, 0.15) is 35.8 Å². The number of nitrogens with zero attached hydrogens (tertiary/aromatic N) is 1. The number of aromatic carboxylic acids is 1. The molecule has 1 aliphatic rings. The molecule has 1 N–H and O–H groups in total. The smallest absolute Gasteiger partial charge is 0.341 e. The lowest BCUT2D eigenvalue weighted by Gasteiger charge is -2.21. The largest absolute Gasteiger partial charge is 0.493 e. The highest BCUT2D eigenvalue weighted by atomic mass is 16.5. The molecule has 0 atom stereocenters. The third-order valence-corrected chi connectivity index (χ3v) is 2.94. The van der Waals surface area contributed by atoms with Gasteiger partial charge in [-0.3, -0.25) is 4.79 Å². The Morgan fingerprint density at radius 1 is 1.53 bits per heavy atom. The summed E-state index contributed by atoms with van der Waals surface area (Å²) >= 11 is 0. The van der Waals surface area contributed by atoms with E-state index in [2.05, 4.69) is 0 Å². The number of fused-ring (bicyclic) bond motifs is 1. The van der Waals surface area contributed by atoms with Gasteiger partial charge >= 0.3 is 5.97 Å². The second kappa shape index (κ2) is 4.61. The zero-order valence-corrected chi connectivity index (χ0v) is 9.73. The highest BCUT2D eigenvalue weighted by Gasteiger charge is 2.23. The third kappa shape index (κ3) is 2.05. The van der Waals surface area contributed by atoms with Gasteiger partial charge in [0.15, 0.2) is 0 Å². The van der Waals surface area contributed by atoms with E-state index in [4.69, 9.17) is 4.74 Å². The minimum absolute atomic E-state index is 0.145. The van der Waals surface area contributed by atoms with Crippen molar-refractivity contribution in [1.82, 2.24) is 4.57 Å². The first-order chi connectivity index (χ1) is 8.15. The van der Waals surface area contributed by atoms with Crippen molar-refractivity contribution in [3.05, 3.63) is 27.7 Å². The molecular weight excluding hydrogens is 222 g/mol. The molecule has 5 nitrogen and oxygen atoms in total. The predicted octanol–water partition coefficient (Wildman–Crippen LogP) is 1.28. The van der Waals surface area contributed by atoms with Crippen molar-refractivity contribution in [2.75, 3.05) is 6.61 Å². The van der Waals surface area contributed by atoms with E-state index in [0.29, 0.717) is 25.3 Å². The van der Waals surface area contributed by atoms with Gasteiger partial charge in [-0.15, -0.1) is 0 Å². The molecule has 0 amide bonds. The summed E-state index contributed by atoms with van der Waals surface area (Å²) in [6, 6.07) is 1.28. The molecule has 2 rings (SSSR count). The molecule has 92 valence electrons. The first kappa shape index (κ1) is 11.7. The average Bonchev–Trinajstić information content (AvgIpc) is 2.29. The number of pyridine rings is 1. The Labute approximate surface area is 98.6 Å². The fourth-order valence-electron chi connectivity index (χ4n) is 2.24. The van der Waals surface area contributed by atoms with Gasteiger partial charge in [-0.2, -0.15) is 0 Å². The van der Waals surface area contributed by atoms with Gasteiger partial charge in [0, 0.05) is 18.3 Å². The van der Waals surface area contributed by atoms with Crippen LogP contribution in [-0.2, 0) is 13.0 Å². The molecule has 0 saturated heterocycles. The zero-order valence-electron chi connectivity index (χ0n) is 9.73. The van der Waals surface area contributed by atoms with E-state index in [9.17, 15) is 14.7 Å². The van der Waals surface area contributed by atoms with Crippen molar-refractivity contribution in [2.45, 2.75) is 32.7 Å². The van der Waals surface area contributed by atoms with Crippen molar-refractivity contribution >= 4 is 5.97 Å². The number of ether oxygens (including phenoxy) is 1. The van der Waals surface area contributed by atoms with Crippen LogP contribution in [-0.4, -0.2) is 22.2 Å². The molecule has 0 aliphatic carbocycles. The maximum atomic E-state index is 11.8. The Morgan fingerprint density at radius 3 is 2.94 bits per heavy atom. The van der Waals surface area contributed by atoms with Crippen LogP contribution in [0.5, 0.6) is 5.75 Å². The van der Waals surface area contributed by atoms with Crippen molar-refractivity contribution in [2.24, 2.45) is 0 Å². The summed E-state index contributed by atoms with van der Waals surface area (Å²) in [4.78, 5) is 23.1. The number of aromatic nitrogens is 1. The summed E-state index contributed by atoms with van der Waals surface area (Å²) in [6.45, 7) is 2.72. The van der Waals surface area contributed by atoms with Crippen molar-refractivity contribution in [1.29, 1.82) is 0 Å². The molecule has 0 aromatic carbocycles. The summed E-state index contributed by atoms with van der Waals surface area (Å²) < 4.78 is 6.80. The number of carboxylic acids is 1. The van der Waals surface area contributed by atoms with Crippen LogP contribution < -0.4 is 10.3 Å². The average molecular weight is 237 g/mol. The molecule has 0 bridgehead atoms. The summed E-state index contributed by atoms with van der Waals surface area (Å²) in [5, 5.41) is 9.24. The molecule has 1 aliphatic heterocycles. The van der Waals surface area contributed by atoms with Gasteiger partial charge in [0.05, 0.1) is 6.61 Å². The van der Waals surface area contributed by atoms with E-state index in [1.807, 2.05) is 0 Å². The molecule has 1 aromatic heterocycles. The van der Waals surface area contributed by atoms with Crippen LogP contribution >= 0.6 is 0 Å². The van der Waals surface area contributed by atoms with Gasteiger partial charge < -0.3 is 14.4 Å². The molecule has 0 spiro atoms. The molecule has 0 unspecified atom stereocenters. The van der Waals surface area contributed by atoms with Crippen LogP contribution in [0, 0.1) is 0 Å². The minimum atomic E-state index is -1.03. The fraction of sp³-hybridized carbons (Fsp3) is 0.500. The van der Waals surface area contributed by atoms with Gasteiger partial charge in [0.2, 0.25) is 0 Å². The topological polar surface area (TPSA) is 68.5 Å². The van der Waals surface area contributed by atoms with E-state index in [0.717, 1.165) is 12.8 Å². The first-order valence-corrected chi connectivity index (χ1v) is 5.78. The second-order valence-corrected chi connectivity index (χ2v) is 4.02. The summed E-state index contributed by atoms with van der Waals surface area (Å²) in [5.41, 5.74) is 0.569. The molecule has 0 radical (unpaired) electrons. The van der Waals surface area contributed by atoms with Crippen LogP contribution in [0.3, 0.4) is 0 Å². The monoisotopic (exact) mass is 237 g/mol. The number of carbonyl (C=O) groups is 1. The van der Waals surface area contributed by atoms with Gasteiger partial charge in [0.25, 0.3) is 5.56 Å². The van der Waals surface area contributed by atoms with Gasteiger partial charge in [-0.05, 0) is 26.2 Å². The molecule has 0 fully saturated rings. The van der Waals surface area contributed by atoms with E-state index in [-0.39, 0.29) is 16.9 Å². The lowest BCUT2D eigenvalue weighted by molar-refractivity contribution is 0.0689. The SMILES string of the molecule is CCOc1cc(=O)n2c(c1C(=O)O)CCCC2. The molecule has 17 heavy (non-hydrogen) atoms. The number of hydrogen-bond acceptors (Lipinski definition) is 3. The van der Waals surface area contributed by atoms with Crippen LogP contribution in [0.2, 0.25) is 0 Å². The number of carboxylic acid groups (broad SMARTS) is 1. The third-order valence-electron chi connectivity index (χ3n) is 2.94. The number of hydrogen-bond donors (Lipinski definition) is 1. The zero-order chi connectivity index (χ0) is 12.4. The highest BCUT2D eigenvalue weighted by molar-refractivity contribution is 5.92. The maximum absolute atomic E-state index is 11.8. The quantitative estimate of drug-likeness (QED) is 0.859. The lowest BCUT2D eigenvalue weighted by Crippen LogP contribution is -2.29. The molecular formula is C12H15NO4. The Kier molecular flexibility index (Phi) is 3.17. The van der Waals surface area contributed by atoms with E-state index >= 15 is 0 Å². The standard InChI is InChI=1S/C12H15NO4/c1-2-17-9-7-10(14)13-6-4-3-5-8(13)11(9)12(15)16/h7H,2-6H2,1H3,(H,15,16). The van der Waals surface area contributed by atoms with Crippen LogP contribution in [0.25, 0.3) is 0 Å². The molecule has 1 aromatic rings. The summed E-state index contributed by atoms with van der Waals surface area (Å²) in [6.07, 6.45) is 2.45. The Hall–Kier alpha value is -1.78. The number of rotatable bonds is 3. The Bertz CT molecular complexity index is 504. The van der Waals surface area contributed by atoms with Gasteiger partial charge in [0.1, 0.15) is 11.3 Å². The van der Waals surface area contributed by atoms with Crippen LogP contribution in [0.15, 0.2) is 10.9 Å². The Morgan fingerprint density at radius 2 is 2.29 bits per heavy atom. The molecule has 2 heterocycles. The fourth-order valence-corrected chi connectivity index (χ4v) is 2.24. The van der Waals surface area contributed by atoms with Gasteiger partial charge in [-0.25, -0.2) is 4.79 Å². The first-order valence-electron chi connectivity index (χ1n) is 5.78. The molecule has 0 saturated carbocycles. The normalized spacial score (nSPS) is 14.2. The lowest BCUT2D eigenvalue weighted by atomic mass is 10.0. The van der Waals surface area contributed by atoms with E-state index in [1.165, 1.54) is 6.07 Å². The van der Waals surface area contributed by atoms with Gasteiger partial charge in [-0.1, -0.05) is 0 Å². The van der Waals surface area contributed by atoms with Crippen molar-refractivity contribution in [3.8, 4) is 5.75 Å². The van der Waals surface area contributed by atoms with Crippen molar-refractivity contribution < 1.29 is 14.6 Å². The maximum Gasteiger partial charge on any atom is 0.341 e. The molecule has 5 heteroatoms. The van der Waals surface area contributed by atoms with Crippen molar-refractivity contribution in [3.63, 3.8) is 0 Å². The summed E-state index contributed by atoms with van der Waals surface area (Å²) in [5.74, 6) is -0.836. The van der Waals surface area contributed by atoms with E-state index < -0.39 is 5.97 Å². The van der Waals surface area contributed by atoms with Crippen LogP contribution in [0.4, 0.5) is 0 Å². The minimum Gasteiger partial charge on any atom is -0.493 e. The highest BCUT2D eigenvalue weighted by Crippen LogP contribution is 2.24. The second-order valence-electron chi connectivity index (χ2n) is 4.02. The van der Waals surface area contributed by atoms with E-state index in [1.54, 1.807) is 11.5 Å². The Balaban J connectivity index is 2.66. The summed E-state index contributed by atoms with van der Waals surface area (Å²) in [7, 11) is 0.